The first-order valence-corrected chi connectivity index (χ1v) is 9.63. The number of rotatable bonds is 5. The Balaban J connectivity index is 1.44. The van der Waals surface area contributed by atoms with Gasteiger partial charge in [0.05, 0.1) is 0 Å². The van der Waals surface area contributed by atoms with Gasteiger partial charge in [0.15, 0.2) is 0 Å². The average molecular weight is 372 g/mol. The van der Waals surface area contributed by atoms with Crippen LogP contribution < -0.4 is 4.90 Å². The fourth-order valence-electron chi connectivity index (χ4n) is 3.58. The lowest BCUT2D eigenvalue weighted by Gasteiger charge is -2.30. The maximum absolute atomic E-state index is 12.9. The minimum absolute atomic E-state index is 0.0233. The lowest BCUT2D eigenvalue weighted by molar-refractivity contribution is 0.0796. The minimum atomic E-state index is 0.0233. The number of anilines is 1. The van der Waals surface area contributed by atoms with Gasteiger partial charge in [-0.3, -0.25) is 9.78 Å². The second-order valence-corrected chi connectivity index (χ2v) is 7.18. The van der Waals surface area contributed by atoms with Crippen LogP contribution in [0.2, 0.25) is 0 Å². The first-order valence-electron chi connectivity index (χ1n) is 9.63. The molecule has 0 radical (unpaired) electrons. The summed E-state index contributed by atoms with van der Waals surface area (Å²) in [5, 5.41) is 0. The van der Waals surface area contributed by atoms with E-state index in [0.29, 0.717) is 12.1 Å². The number of carbonyl (C=O) groups excluding carboxylic acids is 1. The van der Waals surface area contributed by atoms with Gasteiger partial charge in [0.2, 0.25) is 0 Å². The van der Waals surface area contributed by atoms with Crippen LogP contribution in [-0.2, 0) is 19.4 Å². The van der Waals surface area contributed by atoms with Crippen molar-refractivity contribution in [2.75, 3.05) is 25.0 Å². The predicted octanol–water partition coefficient (Wildman–Crippen LogP) is 3.35. The van der Waals surface area contributed by atoms with Gasteiger partial charge in [-0.05, 0) is 53.8 Å². The predicted molar refractivity (Wildman–Crippen MR) is 110 cm³/mol. The highest BCUT2D eigenvalue weighted by Crippen LogP contribution is 2.23. The molecular weight excluding hydrogens is 348 g/mol. The second kappa shape index (κ2) is 8.21. The number of amides is 1. The van der Waals surface area contributed by atoms with Crippen molar-refractivity contribution < 1.29 is 4.79 Å². The van der Waals surface area contributed by atoms with Crippen LogP contribution in [0.4, 0.5) is 5.82 Å². The van der Waals surface area contributed by atoms with Crippen LogP contribution in [0.5, 0.6) is 0 Å². The molecule has 0 fully saturated rings. The van der Waals surface area contributed by atoms with E-state index in [1.54, 1.807) is 29.6 Å². The molecule has 5 heteroatoms. The monoisotopic (exact) mass is 372 g/mol. The number of likely N-dealkylation sites (N-methyl/N-ethyl adjacent to an activating group) is 1. The van der Waals surface area contributed by atoms with E-state index in [0.717, 1.165) is 31.7 Å². The highest BCUT2D eigenvalue weighted by atomic mass is 16.2. The van der Waals surface area contributed by atoms with E-state index in [1.807, 2.05) is 25.2 Å². The molecule has 3 heterocycles. The SMILES string of the molecule is CN(CCc1ccncc1)C(=O)c1ccnc(N2CCc3ccccc3C2)c1. The van der Waals surface area contributed by atoms with Crippen molar-refractivity contribution >= 4 is 11.7 Å². The zero-order chi connectivity index (χ0) is 19.3. The first-order chi connectivity index (χ1) is 13.7. The summed E-state index contributed by atoms with van der Waals surface area (Å²) in [4.78, 5) is 25.4. The number of aromatic nitrogens is 2. The van der Waals surface area contributed by atoms with Crippen molar-refractivity contribution in [3.8, 4) is 0 Å². The summed E-state index contributed by atoms with van der Waals surface area (Å²) in [6.07, 6.45) is 7.11. The normalized spacial score (nSPS) is 13.1. The fourth-order valence-corrected chi connectivity index (χ4v) is 3.58. The maximum Gasteiger partial charge on any atom is 0.253 e. The van der Waals surface area contributed by atoms with Crippen LogP contribution >= 0.6 is 0 Å². The number of fused-ring (bicyclic) bond motifs is 1. The summed E-state index contributed by atoms with van der Waals surface area (Å²) in [6, 6.07) is 16.2. The molecule has 3 aromatic rings. The standard InChI is InChI=1S/C23H24N4O/c1-26(14-9-18-6-11-24-12-7-18)23(28)20-8-13-25-22(16-20)27-15-10-19-4-2-3-5-21(19)17-27/h2-8,11-13,16H,9-10,14-15,17H2,1H3. The Hall–Kier alpha value is -3.21. The van der Waals surface area contributed by atoms with E-state index >= 15 is 0 Å². The van der Waals surface area contributed by atoms with Crippen LogP contribution in [-0.4, -0.2) is 40.9 Å². The molecule has 2 aromatic heterocycles. The van der Waals surface area contributed by atoms with E-state index < -0.39 is 0 Å². The van der Waals surface area contributed by atoms with Gasteiger partial charge in [-0.25, -0.2) is 4.98 Å². The Labute approximate surface area is 165 Å². The number of carbonyl (C=O) groups is 1. The molecule has 1 aliphatic rings. The van der Waals surface area contributed by atoms with Crippen LogP contribution in [0.15, 0.2) is 67.1 Å². The van der Waals surface area contributed by atoms with Crippen molar-refractivity contribution in [2.45, 2.75) is 19.4 Å². The summed E-state index contributed by atoms with van der Waals surface area (Å²) < 4.78 is 0. The summed E-state index contributed by atoms with van der Waals surface area (Å²) in [7, 11) is 1.85. The molecule has 142 valence electrons. The lowest BCUT2D eigenvalue weighted by Crippen LogP contribution is -2.32. The maximum atomic E-state index is 12.9. The Morgan fingerprint density at radius 3 is 2.68 bits per heavy atom. The molecular formula is C23H24N4O. The van der Waals surface area contributed by atoms with Crippen molar-refractivity contribution in [2.24, 2.45) is 0 Å². The van der Waals surface area contributed by atoms with E-state index in [2.05, 4.69) is 39.1 Å². The Bertz CT molecular complexity index is 958. The molecule has 28 heavy (non-hydrogen) atoms. The Morgan fingerprint density at radius 1 is 1.07 bits per heavy atom. The molecule has 0 saturated carbocycles. The van der Waals surface area contributed by atoms with E-state index in [9.17, 15) is 4.79 Å². The first kappa shape index (κ1) is 18.2. The molecule has 5 nitrogen and oxygen atoms in total. The molecule has 1 aromatic carbocycles. The molecule has 0 aliphatic carbocycles. The van der Waals surface area contributed by atoms with Gasteiger partial charge in [-0.2, -0.15) is 0 Å². The van der Waals surface area contributed by atoms with Crippen LogP contribution in [0.25, 0.3) is 0 Å². The third-order valence-electron chi connectivity index (χ3n) is 5.28. The quantitative estimate of drug-likeness (QED) is 0.689. The third-order valence-corrected chi connectivity index (χ3v) is 5.28. The van der Waals surface area contributed by atoms with E-state index in [4.69, 9.17) is 0 Å². The highest BCUT2D eigenvalue weighted by molar-refractivity contribution is 5.94. The van der Waals surface area contributed by atoms with E-state index in [1.165, 1.54) is 16.7 Å². The number of hydrogen-bond donors (Lipinski definition) is 0. The van der Waals surface area contributed by atoms with Gasteiger partial charge in [0.25, 0.3) is 5.91 Å². The van der Waals surface area contributed by atoms with Crippen molar-refractivity contribution in [1.82, 2.24) is 14.9 Å². The zero-order valence-electron chi connectivity index (χ0n) is 16.1. The number of hydrogen-bond acceptors (Lipinski definition) is 4. The van der Waals surface area contributed by atoms with Crippen LogP contribution in [0.1, 0.15) is 27.0 Å². The van der Waals surface area contributed by atoms with Gasteiger partial charge >= 0.3 is 0 Å². The van der Waals surface area contributed by atoms with Crippen molar-refractivity contribution in [1.29, 1.82) is 0 Å². The lowest BCUT2D eigenvalue weighted by atomic mass is 10.00. The van der Waals surface area contributed by atoms with Crippen molar-refractivity contribution in [3.63, 3.8) is 0 Å². The van der Waals surface area contributed by atoms with E-state index in [-0.39, 0.29) is 5.91 Å². The molecule has 0 spiro atoms. The smallest absolute Gasteiger partial charge is 0.253 e. The number of benzene rings is 1. The molecule has 0 N–H and O–H groups in total. The van der Waals surface area contributed by atoms with Gasteiger partial charge in [0, 0.05) is 50.8 Å². The molecule has 0 bridgehead atoms. The van der Waals surface area contributed by atoms with Gasteiger partial charge < -0.3 is 9.80 Å². The molecule has 1 aliphatic heterocycles. The molecule has 0 saturated heterocycles. The number of nitrogens with zero attached hydrogens (tertiary/aromatic N) is 4. The highest BCUT2D eigenvalue weighted by Gasteiger charge is 2.19. The topological polar surface area (TPSA) is 49.3 Å². The molecule has 0 unspecified atom stereocenters. The fraction of sp³-hybridized carbons (Fsp3) is 0.261. The van der Waals surface area contributed by atoms with Gasteiger partial charge in [-0.15, -0.1) is 0 Å². The van der Waals surface area contributed by atoms with Crippen LogP contribution in [0.3, 0.4) is 0 Å². The summed E-state index contributed by atoms with van der Waals surface area (Å²) >= 11 is 0. The average Bonchev–Trinajstić information content (AvgIpc) is 2.77. The molecule has 4 rings (SSSR count). The third kappa shape index (κ3) is 4.03. The van der Waals surface area contributed by atoms with Gasteiger partial charge in [0.1, 0.15) is 5.82 Å². The largest absolute Gasteiger partial charge is 0.352 e. The zero-order valence-corrected chi connectivity index (χ0v) is 16.1. The van der Waals surface area contributed by atoms with Crippen LogP contribution in [0, 0.1) is 0 Å². The number of pyridine rings is 2. The summed E-state index contributed by atoms with van der Waals surface area (Å²) in [6.45, 7) is 2.41. The molecule has 1 amide bonds. The van der Waals surface area contributed by atoms with Gasteiger partial charge in [-0.1, -0.05) is 24.3 Å². The molecule has 0 atom stereocenters. The second-order valence-electron chi connectivity index (χ2n) is 7.18. The Kier molecular flexibility index (Phi) is 5.33. The Morgan fingerprint density at radius 2 is 1.86 bits per heavy atom. The van der Waals surface area contributed by atoms with Crippen molar-refractivity contribution in [3.05, 3.63) is 89.4 Å². The summed E-state index contributed by atoms with van der Waals surface area (Å²) in [5.41, 5.74) is 4.60. The minimum Gasteiger partial charge on any atom is -0.352 e. The summed E-state index contributed by atoms with van der Waals surface area (Å²) in [5.74, 6) is 0.887.